The lowest BCUT2D eigenvalue weighted by atomic mass is 10.1. The molecule has 1 saturated heterocycles. The Morgan fingerprint density at radius 3 is 1.50 bits per heavy atom. The Hall–Kier alpha value is -3.16. The number of carbonyl (C=O) groups excluding carboxylic acids is 4. The summed E-state index contributed by atoms with van der Waals surface area (Å²) in [5.74, 6) is -2.88. The fraction of sp³-hybridized carbons (Fsp3) is 0.250. The second kappa shape index (κ2) is 5.80. The summed E-state index contributed by atoms with van der Waals surface area (Å²) in [6.45, 7) is 2.77. The van der Waals surface area contributed by atoms with Crippen molar-refractivity contribution in [1.29, 1.82) is 0 Å². The summed E-state index contributed by atoms with van der Waals surface area (Å²) < 4.78 is 10.00. The predicted octanol–water partition coefficient (Wildman–Crippen LogP) is 1.30. The van der Waals surface area contributed by atoms with Crippen molar-refractivity contribution in [2.24, 2.45) is 0 Å². The van der Waals surface area contributed by atoms with E-state index in [1.165, 1.54) is 50.6 Å². The molecule has 0 radical (unpaired) electrons. The van der Waals surface area contributed by atoms with Crippen LogP contribution in [0.1, 0.15) is 35.0 Å². The molecule has 0 bridgehead atoms. The smallest absolute Gasteiger partial charge is 0.296 e. The molecular formula is C16H14N2O6. The summed E-state index contributed by atoms with van der Waals surface area (Å²) >= 11 is 0. The third kappa shape index (κ3) is 2.32. The van der Waals surface area contributed by atoms with Crippen LogP contribution in [0.2, 0.25) is 0 Å². The lowest BCUT2D eigenvalue weighted by Gasteiger charge is -2.39. The lowest BCUT2D eigenvalue weighted by molar-refractivity contribution is -0.154. The van der Waals surface area contributed by atoms with E-state index in [0.29, 0.717) is 0 Å². The topological polar surface area (TPSA) is 101 Å². The highest BCUT2D eigenvalue weighted by Gasteiger charge is 2.48. The summed E-state index contributed by atoms with van der Waals surface area (Å²) in [4.78, 5) is 51.6. The van der Waals surface area contributed by atoms with Crippen LogP contribution >= 0.6 is 0 Å². The van der Waals surface area contributed by atoms with Gasteiger partial charge in [-0.15, -0.1) is 0 Å². The molecule has 0 N–H and O–H groups in total. The lowest BCUT2D eigenvalue weighted by Crippen LogP contribution is -2.65. The number of hydrogen-bond acceptors (Lipinski definition) is 6. The van der Waals surface area contributed by atoms with Crippen molar-refractivity contribution in [3.8, 4) is 0 Å². The van der Waals surface area contributed by atoms with Gasteiger partial charge in [0.15, 0.2) is 11.5 Å². The number of rotatable bonds is 2. The summed E-state index contributed by atoms with van der Waals surface area (Å²) in [5, 5.41) is 0. The van der Waals surface area contributed by atoms with Crippen molar-refractivity contribution in [1.82, 2.24) is 9.80 Å². The van der Waals surface area contributed by atoms with Gasteiger partial charge in [-0.05, 0) is 38.1 Å². The molecule has 4 amide bonds. The molecule has 2 aromatic heterocycles. The molecule has 0 aromatic carbocycles. The van der Waals surface area contributed by atoms with E-state index in [1.807, 2.05) is 0 Å². The fourth-order valence-electron chi connectivity index (χ4n) is 2.60. The van der Waals surface area contributed by atoms with Crippen LogP contribution in [-0.4, -0.2) is 45.5 Å². The van der Waals surface area contributed by atoms with Crippen molar-refractivity contribution in [2.75, 3.05) is 0 Å². The quantitative estimate of drug-likeness (QED) is 0.769. The van der Waals surface area contributed by atoms with Crippen molar-refractivity contribution < 1.29 is 28.0 Å². The molecule has 24 heavy (non-hydrogen) atoms. The molecule has 0 saturated carbocycles. The minimum absolute atomic E-state index is 0.0546. The zero-order valence-electron chi connectivity index (χ0n) is 13.0. The van der Waals surface area contributed by atoms with Crippen molar-refractivity contribution in [3.63, 3.8) is 0 Å². The minimum atomic E-state index is -1.13. The Morgan fingerprint density at radius 1 is 0.833 bits per heavy atom. The Morgan fingerprint density at radius 2 is 1.21 bits per heavy atom. The van der Waals surface area contributed by atoms with E-state index >= 15 is 0 Å². The second-order valence-corrected chi connectivity index (χ2v) is 5.33. The number of amides is 4. The van der Waals surface area contributed by atoms with Crippen molar-refractivity contribution in [2.45, 2.75) is 25.9 Å². The van der Waals surface area contributed by atoms with Crippen LogP contribution in [0.3, 0.4) is 0 Å². The minimum Gasteiger partial charge on any atom is -0.459 e. The summed E-state index contributed by atoms with van der Waals surface area (Å²) in [6, 6.07) is 3.54. The molecule has 3 heterocycles. The first-order chi connectivity index (χ1) is 11.4. The van der Waals surface area contributed by atoms with Gasteiger partial charge in [0.25, 0.3) is 23.6 Å². The van der Waals surface area contributed by atoms with E-state index in [9.17, 15) is 19.2 Å². The van der Waals surface area contributed by atoms with E-state index in [2.05, 4.69) is 0 Å². The second-order valence-electron chi connectivity index (χ2n) is 5.33. The van der Waals surface area contributed by atoms with Gasteiger partial charge in [0, 0.05) is 0 Å². The standard InChI is InChI=1S/C16H14N2O6/c1-9-13(19)18(16(22)12-6-4-8-24-12)10(2)14(20)17(9)15(21)11-5-3-7-23-11/h3-10H,1-2H3. The fourth-order valence-corrected chi connectivity index (χ4v) is 2.60. The number of piperazine rings is 1. The van der Waals surface area contributed by atoms with Crippen LogP contribution in [0, 0.1) is 0 Å². The van der Waals surface area contributed by atoms with Gasteiger partial charge in [-0.3, -0.25) is 29.0 Å². The number of carbonyl (C=O) groups is 4. The molecular weight excluding hydrogens is 316 g/mol. The Labute approximate surface area is 136 Å². The highest BCUT2D eigenvalue weighted by Crippen LogP contribution is 2.23. The van der Waals surface area contributed by atoms with Gasteiger partial charge in [0.05, 0.1) is 12.5 Å². The molecule has 0 aliphatic carbocycles. The van der Waals surface area contributed by atoms with Crippen LogP contribution in [-0.2, 0) is 9.59 Å². The van der Waals surface area contributed by atoms with E-state index < -0.39 is 35.7 Å². The average Bonchev–Trinajstić information content (AvgIpc) is 3.26. The van der Waals surface area contributed by atoms with Gasteiger partial charge >= 0.3 is 0 Å². The normalized spacial score (nSPS) is 21.2. The van der Waals surface area contributed by atoms with Gasteiger partial charge < -0.3 is 8.83 Å². The molecule has 0 spiro atoms. The Balaban J connectivity index is 1.92. The van der Waals surface area contributed by atoms with Gasteiger partial charge in [0.1, 0.15) is 12.1 Å². The highest BCUT2D eigenvalue weighted by atomic mass is 16.3. The molecule has 1 fully saturated rings. The van der Waals surface area contributed by atoms with Crippen molar-refractivity contribution >= 4 is 23.6 Å². The van der Waals surface area contributed by atoms with E-state index in [-0.39, 0.29) is 11.5 Å². The number of imide groups is 2. The van der Waals surface area contributed by atoms with Gasteiger partial charge in [-0.2, -0.15) is 0 Å². The third-order valence-electron chi connectivity index (χ3n) is 3.87. The van der Waals surface area contributed by atoms with Crippen LogP contribution < -0.4 is 0 Å². The number of furan rings is 2. The van der Waals surface area contributed by atoms with Crippen molar-refractivity contribution in [3.05, 3.63) is 48.3 Å². The molecule has 2 aromatic rings. The largest absolute Gasteiger partial charge is 0.459 e. The van der Waals surface area contributed by atoms with Gasteiger partial charge in [-0.1, -0.05) is 0 Å². The zero-order chi connectivity index (χ0) is 17.4. The van der Waals surface area contributed by atoms with E-state index in [1.54, 1.807) is 0 Å². The maximum atomic E-state index is 12.6. The number of nitrogens with zero attached hydrogens (tertiary/aromatic N) is 2. The summed E-state index contributed by atoms with van der Waals surface area (Å²) in [5.41, 5.74) is 0. The molecule has 8 nitrogen and oxygen atoms in total. The predicted molar refractivity (Wildman–Crippen MR) is 78.7 cm³/mol. The summed E-state index contributed by atoms with van der Waals surface area (Å²) in [7, 11) is 0. The van der Waals surface area contributed by atoms with Gasteiger partial charge in [-0.25, -0.2) is 0 Å². The van der Waals surface area contributed by atoms with E-state index in [0.717, 1.165) is 9.80 Å². The monoisotopic (exact) mass is 330 g/mol. The molecule has 2 unspecified atom stereocenters. The van der Waals surface area contributed by atoms with E-state index in [4.69, 9.17) is 8.83 Å². The van der Waals surface area contributed by atoms with Crippen LogP contribution in [0.25, 0.3) is 0 Å². The first-order valence-corrected chi connectivity index (χ1v) is 7.25. The Kier molecular flexibility index (Phi) is 3.80. The summed E-state index contributed by atoms with van der Waals surface area (Å²) in [6.07, 6.45) is 2.59. The van der Waals surface area contributed by atoms with Gasteiger partial charge in [0.2, 0.25) is 0 Å². The first kappa shape index (κ1) is 15.7. The maximum Gasteiger partial charge on any atom is 0.296 e. The van der Waals surface area contributed by atoms with Crippen LogP contribution in [0.4, 0.5) is 0 Å². The zero-order valence-corrected chi connectivity index (χ0v) is 13.0. The van der Waals surface area contributed by atoms with Crippen LogP contribution in [0.5, 0.6) is 0 Å². The molecule has 8 heteroatoms. The van der Waals surface area contributed by atoms with Crippen LogP contribution in [0.15, 0.2) is 45.6 Å². The number of hydrogen-bond donors (Lipinski definition) is 0. The third-order valence-corrected chi connectivity index (χ3v) is 3.87. The highest BCUT2D eigenvalue weighted by molar-refractivity contribution is 6.16. The molecule has 1 aliphatic heterocycles. The molecule has 1 aliphatic rings. The SMILES string of the molecule is CC1C(=O)N(C(=O)c2ccco2)C(C)C(=O)N1C(=O)c1ccco1. The maximum absolute atomic E-state index is 12.6. The average molecular weight is 330 g/mol. The molecule has 124 valence electrons. The molecule has 2 atom stereocenters. The molecule has 3 rings (SSSR count). The Bertz CT molecular complexity index is 724. The first-order valence-electron chi connectivity index (χ1n) is 7.25.